The number of rotatable bonds is 6. The van der Waals surface area contributed by atoms with Crippen molar-refractivity contribution in [2.75, 3.05) is 6.61 Å². The van der Waals surface area contributed by atoms with Crippen LogP contribution in [0.25, 0.3) is 43.0 Å². The molecule has 38 heavy (non-hydrogen) atoms. The van der Waals surface area contributed by atoms with Crippen LogP contribution in [0.1, 0.15) is 43.7 Å². The highest BCUT2D eigenvalue weighted by atomic mass is 35.5. The summed E-state index contributed by atoms with van der Waals surface area (Å²) >= 11 is 7.90. The third kappa shape index (κ3) is 5.14. The van der Waals surface area contributed by atoms with Gasteiger partial charge in [-0.25, -0.2) is 4.98 Å². The summed E-state index contributed by atoms with van der Waals surface area (Å²) in [7, 11) is 1.96. The van der Waals surface area contributed by atoms with Crippen molar-refractivity contribution >= 4 is 33.2 Å². The minimum atomic E-state index is -0.479. The lowest BCUT2D eigenvalue weighted by Crippen LogP contribution is -2.25. The number of aliphatic hydroxyl groups is 1. The molecule has 1 N–H and O–H groups in total. The number of thiazole rings is 1. The third-order valence-electron chi connectivity index (χ3n) is 6.70. The quantitative estimate of drug-likeness (QED) is 0.234. The second-order valence-electron chi connectivity index (χ2n) is 10.6. The summed E-state index contributed by atoms with van der Waals surface area (Å²) in [5, 5.41) is 16.5. The van der Waals surface area contributed by atoms with E-state index in [1.54, 1.807) is 11.3 Å². The van der Waals surface area contributed by atoms with Gasteiger partial charge in [-0.2, -0.15) is 5.10 Å². The van der Waals surface area contributed by atoms with Gasteiger partial charge in [0.2, 0.25) is 0 Å². The van der Waals surface area contributed by atoms with Gasteiger partial charge in [-0.3, -0.25) is 4.68 Å². The number of ether oxygens (including phenoxy) is 1. The summed E-state index contributed by atoms with van der Waals surface area (Å²) in [6.45, 7) is 10.0. The SMILES string of the molecule is Cc1cc2nc(-c3cccc(-c4cnn(C)c4C)c3)sc2c(-c2ccc(Cl)cc2)c1C(CO)OC(C)(C)C. The Morgan fingerprint density at radius 2 is 1.74 bits per heavy atom. The van der Waals surface area contributed by atoms with Crippen LogP contribution < -0.4 is 0 Å². The first kappa shape index (κ1) is 26.6. The zero-order valence-electron chi connectivity index (χ0n) is 22.5. The van der Waals surface area contributed by atoms with Gasteiger partial charge in [0.05, 0.1) is 28.6 Å². The molecule has 1 unspecified atom stereocenters. The zero-order valence-corrected chi connectivity index (χ0v) is 24.1. The summed E-state index contributed by atoms with van der Waals surface area (Å²) in [6.07, 6.45) is 1.43. The number of hydrogen-bond donors (Lipinski definition) is 1. The molecule has 0 fully saturated rings. The Bertz CT molecular complexity index is 1610. The van der Waals surface area contributed by atoms with Crippen molar-refractivity contribution in [1.29, 1.82) is 0 Å². The topological polar surface area (TPSA) is 60.2 Å². The number of nitrogens with zero attached hydrogens (tertiary/aromatic N) is 3. The first-order chi connectivity index (χ1) is 18.1. The average Bonchev–Trinajstić information content (AvgIpc) is 3.45. The molecule has 0 amide bonds. The van der Waals surface area contributed by atoms with Gasteiger partial charge >= 0.3 is 0 Å². The molecule has 2 aromatic heterocycles. The molecule has 5 nitrogen and oxygen atoms in total. The molecule has 0 saturated carbocycles. The number of hydrogen-bond acceptors (Lipinski definition) is 5. The van der Waals surface area contributed by atoms with Crippen molar-refractivity contribution in [1.82, 2.24) is 14.8 Å². The lowest BCUT2D eigenvalue weighted by molar-refractivity contribution is -0.0821. The van der Waals surface area contributed by atoms with Crippen molar-refractivity contribution in [2.45, 2.75) is 46.3 Å². The Hall–Kier alpha value is -3.03. The fraction of sp³-hybridized carbons (Fsp3) is 0.290. The summed E-state index contributed by atoms with van der Waals surface area (Å²) in [6, 6.07) is 18.4. The molecule has 7 heteroatoms. The average molecular weight is 546 g/mol. The third-order valence-corrected chi connectivity index (χ3v) is 8.09. The standard InChI is InChI=1S/C31H32ClN3O2S/c1-18-14-25-29(28(20-10-12-23(32)13-11-20)27(18)26(17-36)37-31(3,4)5)38-30(34-25)22-9-7-8-21(15-22)24-16-33-35(6)19(24)2/h7-16,26,36H,17H2,1-6H3. The number of aryl methyl sites for hydroxylation is 2. The van der Waals surface area contributed by atoms with E-state index in [2.05, 4.69) is 49.3 Å². The normalized spacial score (nSPS) is 12.8. The molecule has 0 saturated heterocycles. The van der Waals surface area contributed by atoms with Crippen LogP contribution in [0.2, 0.25) is 5.02 Å². The van der Waals surface area contributed by atoms with Gasteiger partial charge in [0.15, 0.2) is 0 Å². The highest BCUT2D eigenvalue weighted by Crippen LogP contribution is 2.44. The summed E-state index contributed by atoms with van der Waals surface area (Å²) in [5.41, 5.74) is 8.95. The predicted octanol–water partition coefficient (Wildman–Crippen LogP) is 8.15. The van der Waals surface area contributed by atoms with Gasteiger partial charge in [0.25, 0.3) is 0 Å². The van der Waals surface area contributed by atoms with Crippen LogP contribution in [0.4, 0.5) is 0 Å². The van der Waals surface area contributed by atoms with E-state index in [4.69, 9.17) is 21.3 Å². The van der Waals surface area contributed by atoms with Crippen molar-refractivity contribution in [3.63, 3.8) is 0 Å². The molecule has 5 aromatic rings. The van der Waals surface area contributed by atoms with Crippen LogP contribution in [0.15, 0.2) is 60.8 Å². The van der Waals surface area contributed by atoms with Crippen molar-refractivity contribution in [3.8, 4) is 32.8 Å². The molecule has 0 aliphatic carbocycles. The molecular formula is C31H32ClN3O2S. The predicted molar refractivity (Wildman–Crippen MR) is 158 cm³/mol. The van der Waals surface area contributed by atoms with Gasteiger partial charge in [-0.15, -0.1) is 11.3 Å². The van der Waals surface area contributed by atoms with Crippen LogP contribution in [0, 0.1) is 13.8 Å². The maximum Gasteiger partial charge on any atom is 0.124 e. The minimum absolute atomic E-state index is 0.123. The second kappa shape index (κ2) is 10.3. The molecule has 5 rings (SSSR count). The van der Waals surface area contributed by atoms with E-state index in [0.29, 0.717) is 5.02 Å². The lowest BCUT2D eigenvalue weighted by atomic mass is 9.91. The zero-order chi connectivity index (χ0) is 27.2. The molecule has 0 aliphatic heterocycles. The minimum Gasteiger partial charge on any atom is -0.393 e. The van der Waals surface area contributed by atoms with E-state index in [9.17, 15) is 5.11 Å². The van der Waals surface area contributed by atoms with Crippen molar-refractivity contribution in [2.24, 2.45) is 7.05 Å². The van der Waals surface area contributed by atoms with Gasteiger partial charge < -0.3 is 9.84 Å². The van der Waals surface area contributed by atoms with Crippen LogP contribution in [-0.4, -0.2) is 32.1 Å². The van der Waals surface area contributed by atoms with E-state index in [1.807, 2.05) is 63.0 Å². The molecular weight excluding hydrogens is 514 g/mol. The van der Waals surface area contributed by atoms with E-state index in [-0.39, 0.29) is 6.61 Å². The fourth-order valence-corrected chi connectivity index (χ4v) is 6.12. The number of halogens is 1. The number of aliphatic hydroxyl groups excluding tert-OH is 1. The Labute approximate surface area is 232 Å². The Morgan fingerprint density at radius 1 is 1.03 bits per heavy atom. The van der Waals surface area contributed by atoms with Crippen molar-refractivity contribution < 1.29 is 9.84 Å². The highest BCUT2D eigenvalue weighted by molar-refractivity contribution is 7.22. The molecule has 2 heterocycles. The lowest BCUT2D eigenvalue weighted by Gasteiger charge is -2.29. The van der Waals surface area contributed by atoms with Crippen LogP contribution >= 0.6 is 22.9 Å². The Kier molecular flexibility index (Phi) is 7.18. The van der Waals surface area contributed by atoms with Crippen LogP contribution in [0.3, 0.4) is 0 Å². The molecule has 0 aliphatic rings. The first-order valence-corrected chi connectivity index (χ1v) is 13.8. The van der Waals surface area contributed by atoms with E-state index in [1.165, 1.54) is 0 Å². The Balaban J connectivity index is 1.72. The highest BCUT2D eigenvalue weighted by Gasteiger charge is 2.27. The van der Waals surface area contributed by atoms with E-state index in [0.717, 1.165) is 59.9 Å². The van der Waals surface area contributed by atoms with E-state index >= 15 is 0 Å². The smallest absolute Gasteiger partial charge is 0.124 e. The number of benzene rings is 3. The molecule has 1 atom stereocenters. The molecule has 3 aromatic carbocycles. The first-order valence-electron chi connectivity index (χ1n) is 12.6. The maximum absolute atomic E-state index is 10.4. The van der Waals surface area contributed by atoms with Gasteiger partial charge in [-0.1, -0.05) is 41.9 Å². The molecule has 0 radical (unpaired) electrons. The summed E-state index contributed by atoms with van der Waals surface area (Å²) in [4.78, 5) is 5.08. The molecule has 0 spiro atoms. The monoisotopic (exact) mass is 545 g/mol. The summed E-state index contributed by atoms with van der Waals surface area (Å²) in [5.74, 6) is 0. The van der Waals surface area contributed by atoms with Crippen LogP contribution in [-0.2, 0) is 11.8 Å². The summed E-state index contributed by atoms with van der Waals surface area (Å²) < 4.78 is 9.30. The number of aromatic nitrogens is 3. The van der Waals surface area contributed by atoms with Gasteiger partial charge in [-0.05, 0) is 81.1 Å². The van der Waals surface area contributed by atoms with Crippen LogP contribution in [0.5, 0.6) is 0 Å². The van der Waals surface area contributed by atoms with E-state index < -0.39 is 11.7 Å². The molecule has 0 bridgehead atoms. The fourth-order valence-electron chi connectivity index (χ4n) is 4.87. The Morgan fingerprint density at radius 3 is 2.37 bits per heavy atom. The maximum atomic E-state index is 10.4. The van der Waals surface area contributed by atoms with Crippen molar-refractivity contribution in [3.05, 3.63) is 82.6 Å². The largest absolute Gasteiger partial charge is 0.393 e. The molecule has 196 valence electrons. The van der Waals surface area contributed by atoms with Gasteiger partial charge in [0.1, 0.15) is 11.1 Å². The second-order valence-corrected chi connectivity index (χ2v) is 12.0. The van der Waals surface area contributed by atoms with Gasteiger partial charge in [0, 0.05) is 34.5 Å². The number of fused-ring (bicyclic) bond motifs is 1.